The van der Waals surface area contributed by atoms with Crippen molar-refractivity contribution in [1.82, 2.24) is 15.1 Å². The van der Waals surface area contributed by atoms with Gasteiger partial charge in [-0.25, -0.2) is 9.59 Å². The van der Waals surface area contributed by atoms with E-state index in [4.69, 9.17) is 25.5 Å². The molecule has 0 unspecified atom stereocenters. The number of hydrogen-bond donors (Lipinski definition) is 5. The summed E-state index contributed by atoms with van der Waals surface area (Å²) in [6.45, 7) is 1.47. The van der Waals surface area contributed by atoms with Gasteiger partial charge in [-0.05, 0) is 55.2 Å². The van der Waals surface area contributed by atoms with Crippen molar-refractivity contribution in [3.63, 3.8) is 0 Å². The molecular formula is C25H26BrF6N5O5. The third-order valence-electron chi connectivity index (χ3n) is 5.79. The molecule has 17 heteroatoms. The Morgan fingerprint density at radius 3 is 2.02 bits per heavy atom. The quantitative estimate of drug-likeness (QED) is 0.247. The van der Waals surface area contributed by atoms with Crippen LogP contribution < -0.4 is 11.1 Å². The van der Waals surface area contributed by atoms with E-state index in [1.165, 1.54) is 0 Å². The standard InChI is InChI=1S/C21H24BrN5O.2C2HF3O2/c22-16-4-1-14(2-5-16)11-19(23)21(28)27-9-7-17(8-10-27)25-18-6-3-15-13-24-26-20(15)12-18;2*3-2(4,5)1(6)7/h1-6,12-13,17,19,25H,7-11,23H2,(H,24,26);2*(H,6,7)/t19-;;/m0../s1. The predicted octanol–water partition coefficient (Wildman–Crippen LogP) is 4.56. The van der Waals surface area contributed by atoms with Crippen molar-refractivity contribution in [3.8, 4) is 0 Å². The molecule has 1 atom stereocenters. The van der Waals surface area contributed by atoms with Crippen LogP contribution in [0, 0.1) is 0 Å². The largest absolute Gasteiger partial charge is 0.490 e. The van der Waals surface area contributed by atoms with E-state index in [1.807, 2.05) is 35.4 Å². The Bertz CT molecular complexity index is 1320. The van der Waals surface area contributed by atoms with Crippen molar-refractivity contribution in [2.45, 2.75) is 43.7 Å². The first-order valence-corrected chi connectivity index (χ1v) is 12.9. The third kappa shape index (κ3) is 11.2. The minimum Gasteiger partial charge on any atom is -0.475 e. The lowest BCUT2D eigenvalue weighted by Crippen LogP contribution is -2.49. The molecule has 10 nitrogen and oxygen atoms in total. The highest BCUT2D eigenvalue weighted by atomic mass is 79.9. The summed E-state index contributed by atoms with van der Waals surface area (Å²) < 4.78 is 64.5. The van der Waals surface area contributed by atoms with Gasteiger partial charge in [0.25, 0.3) is 0 Å². The maximum absolute atomic E-state index is 12.7. The summed E-state index contributed by atoms with van der Waals surface area (Å²) in [6, 6.07) is 14.0. The van der Waals surface area contributed by atoms with Crippen molar-refractivity contribution in [3.05, 3.63) is 58.7 Å². The molecule has 230 valence electrons. The summed E-state index contributed by atoms with van der Waals surface area (Å²) >= 11 is 3.42. The number of likely N-dealkylation sites (tertiary alicyclic amines) is 1. The van der Waals surface area contributed by atoms with Gasteiger partial charge in [0, 0.05) is 34.7 Å². The lowest BCUT2D eigenvalue weighted by molar-refractivity contribution is -0.193. The first-order valence-electron chi connectivity index (χ1n) is 12.1. The Kier molecular flexibility index (Phi) is 12.1. The van der Waals surface area contributed by atoms with Gasteiger partial charge in [-0.1, -0.05) is 28.1 Å². The molecule has 2 aromatic carbocycles. The summed E-state index contributed by atoms with van der Waals surface area (Å²) in [5.74, 6) is -5.47. The van der Waals surface area contributed by atoms with E-state index in [0.717, 1.165) is 52.6 Å². The van der Waals surface area contributed by atoms with Crippen LogP contribution in [0.5, 0.6) is 0 Å². The van der Waals surface area contributed by atoms with Crippen molar-refractivity contribution in [2.24, 2.45) is 5.73 Å². The number of anilines is 1. The zero-order valence-electron chi connectivity index (χ0n) is 21.5. The molecule has 1 saturated heterocycles. The van der Waals surface area contributed by atoms with Crippen molar-refractivity contribution in [2.75, 3.05) is 18.4 Å². The molecule has 1 aromatic heterocycles. The number of piperidine rings is 1. The number of carboxylic acid groups (broad SMARTS) is 2. The average Bonchev–Trinajstić information content (AvgIpc) is 3.38. The highest BCUT2D eigenvalue weighted by Gasteiger charge is 2.38. The van der Waals surface area contributed by atoms with Gasteiger partial charge >= 0.3 is 24.3 Å². The molecule has 2 heterocycles. The fraction of sp³-hybridized carbons (Fsp3) is 0.360. The van der Waals surface area contributed by atoms with Gasteiger partial charge in [0.2, 0.25) is 5.91 Å². The second kappa shape index (κ2) is 14.9. The van der Waals surface area contributed by atoms with Crippen LogP contribution in [0.4, 0.5) is 32.0 Å². The topological polar surface area (TPSA) is 162 Å². The van der Waals surface area contributed by atoms with Crippen LogP contribution in [-0.4, -0.2) is 80.7 Å². The SMILES string of the molecule is N[C@@H](Cc1ccc(Br)cc1)C(=O)N1CCC(Nc2ccc3cn[nH]c3c2)CC1.O=C(O)C(F)(F)F.O=C(O)C(F)(F)F. The average molecular weight is 670 g/mol. The number of fused-ring (bicyclic) bond motifs is 1. The monoisotopic (exact) mass is 669 g/mol. The molecule has 0 spiro atoms. The molecule has 6 N–H and O–H groups in total. The van der Waals surface area contributed by atoms with Crippen LogP contribution in [0.25, 0.3) is 10.9 Å². The fourth-order valence-electron chi connectivity index (χ4n) is 3.70. The number of nitrogens with one attached hydrogen (secondary N) is 2. The number of H-pyrrole nitrogens is 1. The number of halogens is 7. The number of aromatic nitrogens is 2. The van der Waals surface area contributed by atoms with E-state index < -0.39 is 30.3 Å². The minimum atomic E-state index is -5.08. The number of hydrogen-bond acceptors (Lipinski definition) is 6. The summed E-state index contributed by atoms with van der Waals surface area (Å²) in [6.07, 6.45) is -5.95. The fourth-order valence-corrected chi connectivity index (χ4v) is 3.97. The van der Waals surface area contributed by atoms with Crippen molar-refractivity contribution >= 4 is 50.4 Å². The second-order valence-corrected chi connectivity index (χ2v) is 9.87. The first-order chi connectivity index (χ1) is 19.5. The normalized spacial score (nSPS) is 14.6. The summed E-state index contributed by atoms with van der Waals surface area (Å²) in [7, 11) is 0. The van der Waals surface area contributed by atoms with Gasteiger partial charge in [0.15, 0.2) is 0 Å². The smallest absolute Gasteiger partial charge is 0.475 e. The molecule has 42 heavy (non-hydrogen) atoms. The number of aromatic amines is 1. The van der Waals surface area contributed by atoms with Crippen molar-refractivity contribution in [1.29, 1.82) is 0 Å². The Labute approximate surface area is 243 Å². The Hall–Kier alpha value is -3.86. The minimum absolute atomic E-state index is 0.0419. The number of aliphatic carboxylic acids is 2. The number of carbonyl (C=O) groups excluding carboxylic acids is 1. The molecule has 3 aromatic rings. The number of nitrogens with zero attached hydrogens (tertiary/aromatic N) is 2. The number of alkyl halides is 6. The van der Waals surface area contributed by atoms with E-state index in [2.05, 4.69) is 49.6 Å². The number of rotatable bonds is 5. The van der Waals surface area contributed by atoms with Crippen molar-refractivity contribution < 1.29 is 50.9 Å². The molecule has 4 rings (SSSR count). The van der Waals surface area contributed by atoms with Crippen LogP contribution in [0.2, 0.25) is 0 Å². The molecule has 0 aliphatic carbocycles. The van der Waals surface area contributed by atoms with Gasteiger partial charge in [-0.15, -0.1) is 0 Å². The van der Waals surface area contributed by atoms with Crippen LogP contribution in [0.15, 0.2) is 53.1 Å². The highest BCUT2D eigenvalue weighted by Crippen LogP contribution is 2.21. The predicted molar refractivity (Wildman–Crippen MR) is 143 cm³/mol. The van der Waals surface area contributed by atoms with Crippen LogP contribution in [-0.2, 0) is 20.8 Å². The summed E-state index contributed by atoms with van der Waals surface area (Å²) in [5.41, 5.74) is 9.37. The molecule has 0 saturated carbocycles. The number of carbonyl (C=O) groups is 3. The van der Waals surface area contributed by atoms with Crippen LogP contribution in [0.3, 0.4) is 0 Å². The second-order valence-electron chi connectivity index (χ2n) is 8.96. The third-order valence-corrected chi connectivity index (χ3v) is 6.32. The summed E-state index contributed by atoms with van der Waals surface area (Å²) in [4.78, 5) is 32.4. The van der Waals surface area contributed by atoms with Gasteiger partial charge in [-0.2, -0.15) is 31.4 Å². The molecule has 1 fully saturated rings. The molecule has 1 aliphatic rings. The zero-order valence-corrected chi connectivity index (χ0v) is 23.1. The van der Waals surface area contributed by atoms with E-state index >= 15 is 0 Å². The number of benzene rings is 2. The summed E-state index contributed by atoms with van der Waals surface area (Å²) in [5, 5.41) is 26.0. The number of amides is 1. The first kappa shape index (κ1) is 34.3. The maximum atomic E-state index is 12.7. The maximum Gasteiger partial charge on any atom is 0.490 e. The number of carboxylic acids is 2. The van der Waals surface area contributed by atoms with E-state index in [0.29, 0.717) is 12.5 Å². The van der Waals surface area contributed by atoms with Gasteiger partial charge in [0.05, 0.1) is 17.8 Å². The Morgan fingerprint density at radius 2 is 1.52 bits per heavy atom. The molecule has 1 amide bonds. The number of nitrogens with two attached hydrogens (primary N) is 1. The zero-order chi connectivity index (χ0) is 31.7. The highest BCUT2D eigenvalue weighted by molar-refractivity contribution is 9.10. The van der Waals surface area contributed by atoms with Crippen LogP contribution >= 0.6 is 15.9 Å². The molecule has 0 bridgehead atoms. The Balaban J connectivity index is 0.000000367. The van der Waals surface area contributed by atoms with Crippen LogP contribution in [0.1, 0.15) is 18.4 Å². The van der Waals surface area contributed by atoms with Gasteiger partial charge in [0.1, 0.15) is 0 Å². The van der Waals surface area contributed by atoms with Gasteiger partial charge in [-0.3, -0.25) is 9.89 Å². The van der Waals surface area contributed by atoms with E-state index in [1.54, 1.807) is 0 Å². The lowest BCUT2D eigenvalue weighted by atomic mass is 10.0. The lowest BCUT2D eigenvalue weighted by Gasteiger charge is -2.34. The molecule has 0 radical (unpaired) electrons. The van der Waals surface area contributed by atoms with Gasteiger partial charge < -0.3 is 26.2 Å². The molecular weight excluding hydrogens is 644 g/mol. The van der Waals surface area contributed by atoms with E-state index in [9.17, 15) is 31.1 Å². The molecule has 1 aliphatic heterocycles. The van der Waals surface area contributed by atoms with E-state index in [-0.39, 0.29) is 5.91 Å². The Morgan fingerprint density at radius 1 is 1.00 bits per heavy atom.